The molecule has 1 aromatic rings. The highest BCUT2D eigenvalue weighted by atomic mass is 79.9. The van der Waals surface area contributed by atoms with Crippen LogP contribution in [-0.2, 0) is 0 Å². The lowest BCUT2D eigenvalue weighted by Crippen LogP contribution is -2.32. The van der Waals surface area contributed by atoms with E-state index in [0.717, 1.165) is 42.9 Å². The number of hydrogen-bond acceptors (Lipinski definition) is 3. The van der Waals surface area contributed by atoms with Gasteiger partial charge in [0.15, 0.2) is 0 Å². The molecule has 4 heteroatoms. The van der Waals surface area contributed by atoms with E-state index in [1.165, 1.54) is 4.90 Å². The van der Waals surface area contributed by atoms with Crippen LogP contribution in [0, 0.1) is 0 Å². The summed E-state index contributed by atoms with van der Waals surface area (Å²) in [7, 11) is 0. The molecule has 0 atom stereocenters. The monoisotopic (exact) mass is 330 g/mol. The van der Waals surface area contributed by atoms with Crippen molar-refractivity contribution in [1.82, 2.24) is 10.2 Å². The number of likely N-dealkylation sites (N-methyl/N-ethyl adjacent to an activating group) is 1. The molecule has 0 aromatic heterocycles. The second-order valence-electron chi connectivity index (χ2n) is 4.08. The standard InChI is InChI=1S/C14H23BrN2S/c1-3-17(4-2)10-8-16-9-11-18-14-7-5-6-13(15)12-14/h5-7,12,16H,3-4,8-11H2,1-2H3. The van der Waals surface area contributed by atoms with Crippen molar-refractivity contribution in [1.29, 1.82) is 0 Å². The van der Waals surface area contributed by atoms with Crippen molar-refractivity contribution < 1.29 is 0 Å². The van der Waals surface area contributed by atoms with Gasteiger partial charge in [0.2, 0.25) is 0 Å². The Balaban J connectivity index is 2.05. The van der Waals surface area contributed by atoms with E-state index in [0.29, 0.717) is 0 Å². The molecule has 0 heterocycles. The van der Waals surface area contributed by atoms with E-state index in [4.69, 9.17) is 0 Å². The van der Waals surface area contributed by atoms with Gasteiger partial charge in [-0.3, -0.25) is 0 Å². The van der Waals surface area contributed by atoms with Gasteiger partial charge in [-0.15, -0.1) is 11.8 Å². The Labute approximate surface area is 124 Å². The SMILES string of the molecule is CCN(CC)CCNCCSc1cccc(Br)c1. The van der Waals surface area contributed by atoms with Crippen molar-refractivity contribution in [3.8, 4) is 0 Å². The van der Waals surface area contributed by atoms with E-state index in [1.54, 1.807) is 0 Å². The number of thioether (sulfide) groups is 1. The maximum absolute atomic E-state index is 3.50. The maximum Gasteiger partial charge on any atom is 0.0186 e. The Morgan fingerprint density at radius 2 is 2.00 bits per heavy atom. The van der Waals surface area contributed by atoms with Crippen LogP contribution in [-0.4, -0.2) is 43.4 Å². The van der Waals surface area contributed by atoms with Crippen LogP contribution in [0.4, 0.5) is 0 Å². The largest absolute Gasteiger partial charge is 0.315 e. The Morgan fingerprint density at radius 3 is 2.67 bits per heavy atom. The summed E-state index contributed by atoms with van der Waals surface area (Å²) in [6.45, 7) is 10.0. The molecule has 0 unspecified atom stereocenters. The second kappa shape index (κ2) is 9.84. The molecule has 1 N–H and O–H groups in total. The predicted molar refractivity (Wildman–Crippen MR) is 85.5 cm³/mol. The van der Waals surface area contributed by atoms with Crippen LogP contribution in [0.3, 0.4) is 0 Å². The Hall–Kier alpha value is -0.0300. The average molecular weight is 331 g/mol. The van der Waals surface area contributed by atoms with Gasteiger partial charge in [0.05, 0.1) is 0 Å². The first-order valence-corrected chi connectivity index (χ1v) is 8.35. The summed E-state index contributed by atoms with van der Waals surface area (Å²) in [5, 5.41) is 3.50. The average Bonchev–Trinajstić information content (AvgIpc) is 2.38. The number of nitrogens with zero attached hydrogens (tertiary/aromatic N) is 1. The second-order valence-corrected chi connectivity index (χ2v) is 6.17. The van der Waals surface area contributed by atoms with Gasteiger partial charge in [-0.25, -0.2) is 0 Å². The first-order valence-electron chi connectivity index (χ1n) is 6.57. The molecule has 18 heavy (non-hydrogen) atoms. The quantitative estimate of drug-likeness (QED) is 0.551. The molecular formula is C14H23BrN2S. The fourth-order valence-corrected chi connectivity index (χ4v) is 3.12. The van der Waals surface area contributed by atoms with Crippen molar-refractivity contribution in [3.63, 3.8) is 0 Å². The summed E-state index contributed by atoms with van der Waals surface area (Å²) in [6, 6.07) is 8.47. The Morgan fingerprint density at radius 1 is 1.22 bits per heavy atom. The fourth-order valence-electron chi connectivity index (χ4n) is 1.70. The summed E-state index contributed by atoms with van der Waals surface area (Å²) in [6.07, 6.45) is 0. The molecule has 102 valence electrons. The first-order chi connectivity index (χ1) is 8.76. The molecule has 0 fully saturated rings. The van der Waals surface area contributed by atoms with E-state index >= 15 is 0 Å². The molecule has 0 amide bonds. The Bertz CT molecular complexity index is 329. The van der Waals surface area contributed by atoms with Gasteiger partial charge >= 0.3 is 0 Å². The van der Waals surface area contributed by atoms with Gasteiger partial charge in [-0.1, -0.05) is 35.8 Å². The van der Waals surface area contributed by atoms with Gasteiger partial charge in [0, 0.05) is 34.8 Å². The molecule has 0 spiro atoms. The van der Waals surface area contributed by atoms with Crippen molar-refractivity contribution >= 4 is 27.7 Å². The smallest absolute Gasteiger partial charge is 0.0186 e. The van der Waals surface area contributed by atoms with Gasteiger partial charge in [0.1, 0.15) is 0 Å². The molecule has 1 rings (SSSR count). The van der Waals surface area contributed by atoms with Gasteiger partial charge < -0.3 is 10.2 Å². The molecule has 0 saturated carbocycles. The molecule has 1 aromatic carbocycles. The van der Waals surface area contributed by atoms with Gasteiger partial charge in [0.25, 0.3) is 0 Å². The molecule has 0 saturated heterocycles. The van der Waals surface area contributed by atoms with Crippen molar-refractivity contribution in [2.24, 2.45) is 0 Å². The summed E-state index contributed by atoms with van der Waals surface area (Å²) in [5.41, 5.74) is 0. The number of rotatable bonds is 9. The van der Waals surface area contributed by atoms with Gasteiger partial charge in [-0.05, 0) is 31.3 Å². The molecule has 0 aliphatic carbocycles. The van der Waals surface area contributed by atoms with E-state index in [2.05, 4.69) is 64.3 Å². The van der Waals surface area contributed by atoms with E-state index in [9.17, 15) is 0 Å². The van der Waals surface area contributed by atoms with Crippen molar-refractivity contribution in [2.75, 3.05) is 38.5 Å². The van der Waals surface area contributed by atoms with Gasteiger partial charge in [-0.2, -0.15) is 0 Å². The topological polar surface area (TPSA) is 15.3 Å². The molecular weight excluding hydrogens is 308 g/mol. The number of hydrogen-bond donors (Lipinski definition) is 1. The highest BCUT2D eigenvalue weighted by Crippen LogP contribution is 2.21. The maximum atomic E-state index is 3.50. The van der Waals surface area contributed by atoms with Crippen LogP contribution >= 0.6 is 27.7 Å². The lowest BCUT2D eigenvalue weighted by molar-refractivity contribution is 0.303. The highest BCUT2D eigenvalue weighted by Gasteiger charge is 1.98. The molecule has 0 bridgehead atoms. The van der Waals surface area contributed by atoms with Crippen LogP contribution in [0.1, 0.15) is 13.8 Å². The Kier molecular flexibility index (Phi) is 8.76. The minimum atomic E-state index is 1.07. The lowest BCUT2D eigenvalue weighted by Gasteiger charge is -2.17. The summed E-state index contributed by atoms with van der Waals surface area (Å²) >= 11 is 5.39. The molecule has 2 nitrogen and oxygen atoms in total. The van der Waals surface area contributed by atoms with Crippen LogP contribution < -0.4 is 5.32 Å². The van der Waals surface area contributed by atoms with E-state index in [-0.39, 0.29) is 0 Å². The summed E-state index contributed by atoms with van der Waals surface area (Å²) in [4.78, 5) is 3.77. The number of nitrogens with one attached hydrogen (secondary N) is 1. The number of halogens is 1. The molecule has 0 aliphatic rings. The van der Waals surface area contributed by atoms with Crippen LogP contribution in [0.15, 0.2) is 33.6 Å². The zero-order chi connectivity index (χ0) is 13.2. The van der Waals surface area contributed by atoms with Crippen LogP contribution in [0.5, 0.6) is 0 Å². The molecule has 0 aliphatic heterocycles. The van der Waals surface area contributed by atoms with E-state index in [1.807, 2.05) is 11.8 Å². The highest BCUT2D eigenvalue weighted by molar-refractivity contribution is 9.10. The van der Waals surface area contributed by atoms with E-state index < -0.39 is 0 Å². The van der Waals surface area contributed by atoms with Crippen molar-refractivity contribution in [3.05, 3.63) is 28.7 Å². The summed E-state index contributed by atoms with van der Waals surface area (Å²) < 4.78 is 1.15. The first kappa shape index (κ1) is 16.0. The number of benzene rings is 1. The van der Waals surface area contributed by atoms with Crippen LogP contribution in [0.2, 0.25) is 0 Å². The third kappa shape index (κ3) is 6.78. The fraction of sp³-hybridized carbons (Fsp3) is 0.571. The third-order valence-electron chi connectivity index (χ3n) is 2.84. The van der Waals surface area contributed by atoms with Crippen molar-refractivity contribution in [2.45, 2.75) is 18.7 Å². The van der Waals surface area contributed by atoms with Crippen LogP contribution in [0.25, 0.3) is 0 Å². The zero-order valence-electron chi connectivity index (χ0n) is 11.3. The normalized spacial score (nSPS) is 11.1. The lowest BCUT2D eigenvalue weighted by atomic mass is 10.4. The molecule has 0 radical (unpaired) electrons. The zero-order valence-corrected chi connectivity index (χ0v) is 13.7. The predicted octanol–water partition coefficient (Wildman–Crippen LogP) is 3.47. The minimum Gasteiger partial charge on any atom is -0.315 e. The summed E-state index contributed by atoms with van der Waals surface area (Å²) in [5.74, 6) is 1.12. The minimum absolute atomic E-state index is 1.07. The third-order valence-corrected chi connectivity index (χ3v) is 4.33.